The van der Waals surface area contributed by atoms with Gasteiger partial charge in [0.15, 0.2) is 0 Å². The highest BCUT2D eigenvalue weighted by Gasteiger charge is 2.29. The number of nitrogens with zero attached hydrogens (tertiary/aromatic N) is 1. The third kappa shape index (κ3) is 5.48. The number of sulfonamides is 1. The number of ether oxygens (including phenoxy) is 2. The van der Waals surface area contributed by atoms with E-state index in [2.05, 4.69) is 18.4 Å². The van der Waals surface area contributed by atoms with Crippen molar-refractivity contribution in [1.29, 1.82) is 0 Å². The Balaban J connectivity index is 3.13. The molecule has 23 heavy (non-hydrogen) atoms. The van der Waals surface area contributed by atoms with Crippen LogP contribution < -0.4 is 0 Å². The van der Waals surface area contributed by atoms with Gasteiger partial charge in [0.2, 0.25) is 10.0 Å². The zero-order chi connectivity index (χ0) is 17.3. The minimum atomic E-state index is -3.70. The molecule has 0 bridgehead atoms. The molecule has 6 heteroatoms. The summed E-state index contributed by atoms with van der Waals surface area (Å²) in [6.45, 7) is 7.59. The van der Waals surface area contributed by atoms with Crippen LogP contribution in [0.3, 0.4) is 0 Å². The van der Waals surface area contributed by atoms with E-state index >= 15 is 0 Å². The first-order valence-corrected chi connectivity index (χ1v) is 8.58. The monoisotopic (exact) mass is 337 g/mol. The second kappa shape index (κ2) is 9.48. The molecule has 126 valence electrons. The van der Waals surface area contributed by atoms with Gasteiger partial charge in [-0.3, -0.25) is 0 Å². The Labute approximate surface area is 139 Å². The third-order valence-electron chi connectivity index (χ3n) is 3.17. The van der Waals surface area contributed by atoms with Gasteiger partial charge in [-0.1, -0.05) is 29.7 Å². The number of rotatable bonds is 9. The van der Waals surface area contributed by atoms with Crippen LogP contribution in [-0.4, -0.2) is 45.8 Å². The number of aryl methyl sites for hydroxylation is 1. The summed E-state index contributed by atoms with van der Waals surface area (Å²) in [6, 6.07) is 6.18. The van der Waals surface area contributed by atoms with Gasteiger partial charge in [0.05, 0.1) is 24.1 Å². The van der Waals surface area contributed by atoms with Crippen LogP contribution >= 0.6 is 0 Å². The van der Waals surface area contributed by atoms with E-state index in [4.69, 9.17) is 9.47 Å². The molecule has 0 aliphatic carbocycles. The first-order chi connectivity index (χ1) is 11.0. The number of methoxy groups -OCH3 is 1. The van der Waals surface area contributed by atoms with Crippen molar-refractivity contribution in [2.45, 2.75) is 24.8 Å². The number of hydrogen-bond donors (Lipinski definition) is 0. The maximum atomic E-state index is 12.9. The molecule has 0 saturated heterocycles. The SMILES string of the molecule is C=C[C@@H](COCOC)N(CC#CC)S(=O)(=O)c1ccc(C)cc1. The van der Waals surface area contributed by atoms with E-state index < -0.39 is 16.1 Å². The first-order valence-electron chi connectivity index (χ1n) is 7.14. The molecule has 0 amide bonds. The second-order valence-electron chi connectivity index (χ2n) is 4.87. The van der Waals surface area contributed by atoms with Crippen LogP contribution in [-0.2, 0) is 19.5 Å². The fraction of sp³-hybridized carbons (Fsp3) is 0.412. The van der Waals surface area contributed by atoms with Gasteiger partial charge in [-0.25, -0.2) is 8.42 Å². The van der Waals surface area contributed by atoms with Gasteiger partial charge in [-0.05, 0) is 26.0 Å². The van der Waals surface area contributed by atoms with Gasteiger partial charge < -0.3 is 9.47 Å². The molecule has 0 heterocycles. The van der Waals surface area contributed by atoms with Crippen LogP contribution in [0, 0.1) is 18.8 Å². The molecular formula is C17H23NO4S. The predicted octanol–water partition coefficient (Wildman–Crippen LogP) is 2.18. The van der Waals surface area contributed by atoms with Crippen molar-refractivity contribution in [3.8, 4) is 11.8 Å². The highest BCUT2D eigenvalue weighted by Crippen LogP contribution is 2.19. The summed E-state index contributed by atoms with van der Waals surface area (Å²) < 4.78 is 37.2. The van der Waals surface area contributed by atoms with Crippen LogP contribution in [0.15, 0.2) is 41.8 Å². The molecule has 0 unspecified atom stereocenters. The van der Waals surface area contributed by atoms with Crippen LogP contribution in [0.4, 0.5) is 0 Å². The molecule has 1 atom stereocenters. The normalized spacial score (nSPS) is 12.5. The Hall–Kier alpha value is -1.65. The van der Waals surface area contributed by atoms with Crippen molar-refractivity contribution >= 4 is 10.0 Å². The second-order valence-corrected chi connectivity index (χ2v) is 6.76. The fourth-order valence-corrected chi connectivity index (χ4v) is 3.39. The van der Waals surface area contributed by atoms with Crippen molar-refractivity contribution in [3.05, 3.63) is 42.5 Å². The van der Waals surface area contributed by atoms with Crippen molar-refractivity contribution in [1.82, 2.24) is 4.31 Å². The molecule has 0 fully saturated rings. The highest BCUT2D eigenvalue weighted by molar-refractivity contribution is 7.89. The highest BCUT2D eigenvalue weighted by atomic mass is 32.2. The minimum Gasteiger partial charge on any atom is -0.359 e. The summed E-state index contributed by atoms with van der Waals surface area (Å²) in [7, 11) is -2.19. The van der Waals surface area contributed by atoms with Gasteiger partial charge in [0.25, 0.3) is 0 Å². The van der Waals surface area contributed by atoms with E-state index in [9.17, 15) is 8.42 Å². The van der Waals surface area contributed by atoms with Crippen LogP contribution in [0.5, 0.6) is 0 Å². The topological polar surface area (TPSA) is 55.8 Å². The predicted molar refractivity (Wildman–Crippen MR) is 90.3 cm³/mol. The van der Waals surface area contributed by atoms with Gasteiger partial charge in [0, 0.05) is 7.11 Å². The molecule has 0 aromatic heterocycles. The Morgan fingerprint density at radius 1 is 1.35 bits per heavy atom. The molecule has 0 aliphatic heterocycles. The minimum absolute atomic E-state index is 0.0692. The van der Waals surface area contributed by atoms with Crippen LogP contribution in [0.2, 0.25) is 0 Å². The van der Waals surface area contributed by atoms with E-state index in [1.165, 1.54) is 11.4 Å². The lowest BCUT2D eigenvalue weighted by atomic mass is 10.2. The molecule has 0 aliphatic rings. The Morgan fingerprint density at radius 3 is 2.52 bits per heavy atom. The standard InChI is InChI=1S/C17H23NO4S/c1-5-7-12-18(16(6-2)13-22-14-21-4)23(19,20)17-10-8-15(3)9-11-17/h6,8-11,16H,2,12-14H2,1,3-4H3/t16-/m0/s1. The number of hydrogen-bond acceptors (Lipinski definition) is 4. The van der Waals surface area contributed by atoms with Crippen molar-refractivity contribution < 1.29 is 17.9 Å². The summed E-state index contributed by atoms with van der Waals surface area (Å²) in [5.41, 5.74) is 0.993. The molecule has 5 nitrogen and oxygen atoms in total. The van der Waals surface area contributed by atoms with Crippen molar-refractivity contribution in [3.63, 3.8) is 0 Å². The Bertz CT molecular complexity index is 656. The maximum absolute atomic E-state index is 12.9. The summed E-state index contributed by atoms with van der Waals surface area (Å²) in [4.78, 5) is 0.222. The molecular weight excluding hydrogens is 314 g/mol. The maximum Gasteiger partial charge on any atom is 0.244 e. The van der Waals surface area contributed by atoms with E-state index in [1.54, 1.807) is 37.3 Å². The average molecular weight is 337 g/mol. The lowest BCUT2D eigenvalue weighted by Crippen LogP contribution is -2.42. The molecule has 1 rings (SSSR count). The lowest BCUT2D eigenvalue weighted by Gasteiger charge is -2.27. The molecule has 0 radical (unpaired) electrons. The van der Waals surface area contributed by atoms with Crippen molar-refractivity contribution in [2.75, 3.05) is 27.1 Å². The molecule has 1 aromatic carbocycles. The van der Waals surface area contributed by atoms with Gasteiger partial charge in [-0.2, -0.15) is 4.31 Å². The van der Waals surface area contributed by atoms with Gasteiger partial charge in [-0.15, -0.1) is 12.5 Å². The Morgan fingerprint density at radius 2 is 2.00 bits per heavy atom. The Kier molecular flexibility index (Phi) is 8.00. The third-order valence-corrected chi connectivity index (χ3v) is 5.06. The van der Waals surface area contributed by atoms with Crippen molar-refractivity contribution in [2.24, 2.45) is 0 Å². The number of benzene rings is 1. The summed E-state index contributed by atoms with van der Waals surface area (Å²) in [5.74, 6) is 5.52. The fourth-order valence-electron chi connectivity index (χ4n) is 1.90. The largest absolute Gasteiger partial charge is 0.359 e. The molecule has 0 spiro atoms. The molecule has 1 aromatic rings. The van der Waals surface area contributed by atoms with Gasteiger partial charge >= 0.3 is 0 Å². The molecule has 0 N–H and O–H groups in total. The van der Waals surface area contributed by atoms with Gasteiger partial charge in [0.1, 0.15) is 6.79 Å². The quantitative estimate of drug-likeness (QED) is 0.300. The summed E-state index contributed by atoms with van der Waals surface area (Å²) in [5, 5.41) is 0. The zero-order valence-electron chi connectivity index (χ0n) is 13.8. The lowest BCUT2D eigenvalue weighted by molar-refractivity contribution is -0.0389. The molecule has 0 saturated carbocycles. The smallest absolute Gasteiger partial charge is 0.244 e. The van der Waals surface area contributed by atoms with E-state index in [1.807, 2.05) is 6.92 Å². The summed E-state index contributed by atoms with van der Waals surface area (Å²) >= 11 is 0. The van der Waals surface area contributed by atoms with E-state index in [0.29, 0.717) is 0 Å². The summed E-state index contributed by atoms with van der Waals surface area (Å²) in [6.07, 6.45) is 1.54. The van der Waals surface area contributed by atoms with E-state index in [-0.39, 0.29) is 24.8 Å². The first kappa shape index (κ1) is 19.4. The van der Waals surface area contributed by atoms with Crippen LogP contribution in [0.25, 0.3) is 0 Å². The van der Waals surface area contributed by atoms with E-state index in [0.717, 1.165) is 5.56 Å². The zero-order valence-corrected chi connectivity index (χ0v) is 14.6. The van der Waals surface area contributed by atoms with Crippen LogP contribution in [0.1, 0.15) is 12.5 Å². The average Bonchev–Trinajstić information content (AvgIpc) is 2.53.